The lowest BCUT2D eigenvalue weighted by molar-refractivity contribution is 0.743. The van der Waals surface area contributed by atoms with Gasteiger partial charge in [-0.3, -0.25) is 14.6 Å². The lowest BCUT2D eigenvalue weighted by Gasteiger charge is -1.99. The molecule has 1 heterocycles. The summed E-state index contributed by atoms with van der Waals surface area (Å²) in [6.07, 6.45) is 0. The summed E-state index contributed by atoms with van der Waals surface area (Å²) >= 11 is 5.96. The summed E-state index contributed by atoms with van der Waals surface area (Å²) in [6.45, 7) is 1.83. The van der Waals surface area contributed by atoms with E-state index in [-0.39, 0.29) is 17.1 Å². The number of hydrogen-bond acceptors (Lipinski definition) is 4. The standard InChI is InChI=1S/C11H12ClN5O/c1-6-7(12)4-3-5-8(6)14-15-9-10(13)16-17(2)11(9)18/h3-5,16H,13H2,1-2H3. The van der Waals surface area contributed by atoms with E-state index in [1.54, 1.807) is 25.2 Å². The van der Waals surface area contributed by atoms with Gasteiger partial charge in [-0.25, -0.2) is 0 Å². The van der Waals surface area contributed by atoms with Gasteiger partial charge in [0, 0.05) is 12.1 Å². The van der Waals surface area contributed by atoms with Crippen molar-refractivity contribution in [3.8, 4) is 0 Å². The monoisotopic (exact) mass is 265 g/mol. The highest BCUT2D eigenvalue weighted by atomic mass is 35.5. The van der Waals surface area contributed by atoms with Crippen LogP contribution in [0.5, 0.6) is 0 Å². The molecule has 6 nitrogen and oxygen atoms in total. The van der Waals surface area contributed by atoms with Crippen molar-refractivity contribution < 1.29 is 0 Å². The second-order valence-electron chi connectivity index (χ2n) is 3.82. The molecule has 0 spiro atoms. The summed E-state index contributed by atoms with van der Waals surface area (Å²) in [7, 11) is 1.56. The Bertz CT molecular complexity index is 671. The normalized spacial score (nSPS) is 11.3. The molecule has 2 aromatic rings. The highest BCUT2D eigenvalue weighted by molar-refractivity contribution is 6.31. The smallest absolute Gasteiger partial charge is 0.296 e. The summed E-state index contributed by atoms with van der Waals surface area (Å²) in [5, 5.41) is 11.1. The number of azo groups is 1. The maximum atomic E-state index is 11.6. The number of nitrogens with two attached hydrogens (primary N) is 1. The van der Waals surface area contributed by atoms with Crippen molar-refractivity contribution in [1.82, 2.24) is 9.78 Å². The molecule has 0 saturated heterocycles. The molecule has 2 rings (SSSR count). The fourth-order valence-corrected chi connectivity index (χ4v) is 1.63. The topological polar surface area (TPSA) is 88.5 Å². The number of nitrogens with zero attached hydrogens (tertiary/aromatic N) is 3. The third kappa shape index (κ3) is 2.14. The second-order valence-corrected chi connectivity index (χ2v) is 4.23. The van der Waals surface area contributed by atoms with Crippen molar-refractivity contribution >= 4 is 28.8 Å². The van der Waals surface area contributed by atoms with Crippen LogP contribution < -0.4 is 11.3 Å². The molecule has 0 aliphatic rings. The molecular weight excluding hydrogens is 254 g/mol. The van der Waals surface area contributed by atoms with E-state index in [4.69, 9.17) is 17.3 Å². The molecular formula is C11H12ClN5O. The average Bonchev–Trinajstić information content (AvgIpc) is 2.56. The van der Waals surface area contributed by atoms with Gasteiger partial charge in [0.1, 0.15) is 5.82 Å². The molecule has 94 valence electrons. The van der Waals surface area contributed by atoms with E-state index >= 15 is 0 Å². The molecule has 0 saturated carbocycles. The van der Waals surface area contributed by atoms with E-state index < -0.39 is 0 Å². The zero-order valence-corrected chi connectivity index (χ0v) is 10.7. The minimum atomic E-state index is -0.323. The molecule has 0 radical (unpaired) electrons. The van der Waals surface area contributed by atoms with Crippen molar-refractivity contribution in [2.45, 2.75) is 6.92 Å². The number of aromatic nitrogens is 2. The largest absolute Gasteiger partial charge is 0.382 e. The molecule has 0 aliphatic carbocycles. The van der Waals surface area contributed by atoms with E-state index in [0.717, 1.165) is 5.56 Å². The Balaban J connectivity index is 2.42. The number of nitrogen functional groups attached to an aromatic ring is 1. The average molecular weight is 266 g/mol. The first-order chi connectivity index (χ1) is 8.50. The van der Waals surface area contributed by atoms with Gasteiger partial charge in [0.15, 0.2) is 5.69 Å². The molecule has 0 atom stereocenters. The van der Waals surface area contributed by atoms with Gasteiger partial charge < -0.3 is 5.73 Å². The van der Waals surface area contributed by atoms with Crippen molar-refractivity contribution in [3.05, 3.63) is 39.1 Å². The lowest BCUT2D eigenvalue weighted by atomic mass is 10.2. The van der Waals surface area contributed by atoms with Crippen LogP contribution in [0.15, 0.2) is 33.2 Å². The summed E-state index contributed by atoms with van der Waals surface area (Å²) in [6, 6.07) is 5.29. The first kappa shape index (κ1) is 12.4. The van der Waals surface area contributed by atoms with Crippen molar-refractivity contribution in [3.63, 3.8) is 0 Å². The Morgan fingerprint density at radius 2 is 2.11 bits per heavy atom. The molecule has 0 bridgehead atoms. The van der Waals surface area contributed by atoms with Crippen LogP contribution in [-0.4, -0.2) is 9.78 Å². The summed E-state index contributed by atoms with van der Waals surface area (Å²) in [5.74, 6) is 0.186. The maximum Gasteiger partial charge on any atom is 0.296 e. The van der Waals surface area contributed by atoms with Crippen LogP contribution in [0, 0.1) is 6.92 Å². The molecule has 7 heteroatoms. The van der Waals surface area contributed by atoms with Crippen molar-refractivity contribution in [2.75, 3.05) is 5.73 Å². The van der Waals surface area contributed by atoms with Crippen LogP contribution in [0.4, 0.5) is 17.2 Å². The van der Waals surface area contributed by atoms with E-state index in [1.165, 1.54) is 4.68 Å². The van der Waals surface area contributed by atoms with Gasteiger partial charge >= 0.3 is 0 Å². The number of aromatic amines is 1. The predicted octanol–water partition coefficient (Wildman–Crippen LogP) is 2.67. The number of rotatable bonds is 2. The molecule has 18 heavy (non-hydrogen) atoms. The van der Waals surface area contributed by atoms with Gasteiger partial charge in [-0.05, 0) is 24.6 Å². The fourth-order valence-electron chi connectivity index (χ4n) is 1.46. The van der Waals surface area contributed by atoms with E-state index in [2.05, 4.69) is 15.3 Å². The van der Waals surface area contributed by atoms with Crippen LogP contribution in [0.1, 0.15) is 5.56 Å². The van der Waals surface area contributed by atoms with Crippen LogP contribution in [0.25, 0.3) is 0 Å². The fraction of sp³-hybridized carbons (Fsp3) is 0.182. The van der Waals surface area contributed by atoms with Crippen LogP contribution in [-0.2, 0) is 7.05 Å². The number of anilines is 1. The Morgan fingerprint density at radius 3 is 2.72 bits per heavy atom. The quantitative estimate of drug-likeness (QED) is 0.818. The molecule has 1 aromatic heterocycles. The summed E-state index contributed by atoms with van der Waals surface area (Å²) < 4.78 is 1.24. The molecule has 0 amide bonds. The minimum absolute atomic E-state index is 0.0943. The molecule has 1 aromatic carbocycles. The first-order valence-corrected chi connectivity index (χ1v) is 5.60. The minimum Gasteiger partial charge on any atom is -0.382 e. The SMILES string of the molecule is Cc1c(Cl)cccc1N=Nc1c(N)[nH]n(C)c1=O. The molecule has 3 N–H and O–H groups in total. The third-order valence-corrected chi connectivity index (χ3v) is 2.96. The first-order valence-electron chi connectivity index (χ1n) is 5.22. The highest BCUT2D eigenvalue weighted by Gasteiger charge is 2.09. The number of halogens is 1. The van der Waals surface area contributed by atoms with Gasteiger partial charge in [0.25, 0.3) is 5.56 Å². The van der Waals surface area contributed by atoms with E-state index in [0.29, 0.717) is 10.7 Å². The number of aryl methyl sites for hydroxylation is 1. The summed E-state index contributed by atoms with van der Waals surface area (Å²) in [4.78, 5) is 11.6. The Morgan fingerprint density at radius 1 is 1.39 bits per heavy atom. The number of H-pyrrole nitrogens is 1. The maximum absolute atomic E-state index is 11.6. The third-order valence-electron chi connectivity index (χ3n) is 2.55. The lowest BCUT2D eigenvalue weighted by Crippen LogP contribution is -2.10. The van der Waals surface area contributed by atoms with E-state index in [1.807, 2.05) is 6.92 Å². The number of benzene rings is 1. The van der Waals surface area contributed by atoms with E-state index in [9.17, 15) is 4.79 Å². The Labute approximate surface area is 108 Å². The summed E-state index contributed by atoms with van der Waals surface area (Å²) in [5.41, 5.74) is 6.79. The van der Waals surface area contributed by atoms with Gasteiger partial charge in [0.2, 0.25) is 0 Å². The van der Waals surface area contributed by atoms with Crippen LogP contribution in [0.2, 0.25) is 5.02 Å². The predicted molar refractivity (Wildman–Crippen MR) is 70.8 cm³/mol. The Hall–Kier alpha value is -2.08. The van der Waals surface area contributed by atoms with Gasteiger partial charge in [0.05, 0.1) is 5.69 Å². The van der Waals surface area contributed by atoms with Crippen LogP contribution in [0.3, 0.4) is 0 Å². The molecule has 0 fully saturated rings. The zero-order chi connectivity index (χ0) is 13.3. The van der Waals surface area contributed by atoms with Crippen LogP contribution >= 0.6 is 11.6 Å². The highest BCUT2D eigenvalue weighted by Crippen LogP contribution is 2.27. The zero-order valence-electron chi connectivity index (χ0n) is 9.94. The van der Waals surface area contributed by atoms with Crippen molar-refractivity contribution in [1.29, 1.82) is 0 Å². The molecule has 0 aliphatic heterocycles. The van der Waals surface area contributed by atoms with Gasteiger partial charge in [-0.2, -0.15) is 0 Å². The Kier molecular flexibility index (Phi) is 3.20. The van der Waals surface area contributed by atoms with Crippen molar-refractivity contribution in [2.24, 2.45) is 17.3 Å². The molecule has 0 unspecified atom stereocenters. The number of hydrogen-bond donors (Lipinski definition) is 2. The van der Waals surface area contributed by atoms with Gasteiger partial charge in [-0.15, -0.1) is 10.2 Å². The number of nitrogens with one attached hydrogen (secondary N) is 1. The second kappa shape index (κ2) is 4.66. The van der Waals surface area contributed by atoms with Gasteiger partial charge in [-0.1, -0.05) is 17.7 Å².